The summed E-state index contributed by atoms with van der Waals surface area (Å²) in [6.07, 6.45) is -3.73. The molecular weight excluding hydrogens is 267 g/mol. The number of alkyl halides is 3. The van der Waals surface area contributed by atoms with Gasteiger partial charge in [-0.1, -0.05) is 25.1 Å². The Morgan fingerprint density at radius 1 is 1.25 bits per heavy atom. The van der Waals surface area contributed by atoms with Gasteiger partial charge in [0.1, 0.15) is 6.61 Å². The maximum absolute atomic E-state index is 12.0. The van der Waals surface area contributed by atoms with E-state index in [-0.39, 0.29) is 12.6 Å². The van der Waals surface area contributed by atoms with Crippen LogP contribution in [0.2, 0.25) is 0 Å². The van der Waals surface area contributed by atoms with Gasteiger partial charge in [0.05, 0.1) is 0 Å². The summed E-state index contributed by atoms with van der Waals surface area (Å²) >= 11 is 0. The molecule has 0 aliphatic carbocycles. The minimum absolute atomic E-state index is 0.0214. The van der Waals surface area contributed by atoms with E-state index in [0.717, 1.165) is 12.1 Å². The van der Waals surface area contributed by atoms with Crippen LogP contribution in [0.5, 0.6) is 0 Å². The fourth-order valence-electron chi connectivity index (χ4n) is 2.15. The molecule has 2 nitrogen and oxygen atoms in total. The lowest BCUT2D eigenvalue weighted by atomic mass is 9.95. The first-order valence-electron chi connectivity index (χ1n) is 6.79. The maximum atomic E-state index is 12.0. The van der Waals surface area contributed by atoms with Crippen LogP contribution >= 0.6 is 0 Å². The van der Waals surface area contributed by atoms with Crippen molar-refractivity contribution < 1.29 is 17.9 Å². The topological polar surface area (TPSA) is 21.3 Å². The second-order valence-electron chi connectivity index (χ2n) is 4.86. The van der Waals surface area contributed by atoms with Crippen molar-refractivity contribution in [3.63, 3.8) is 0 Å². The summed E-state index contributed by atoms with van der Waals surface area (Å²) in [4.78, 5) is 0. The zero-order valence-corrected chi connectivity index (χ0v) is 12.2. The zero-order valence-electron chi connectivity index (χ0n) is 12.2. The molecule has 0 saturated heterocycles. The number of rotatable bonds is 7. The van der Waals surface area contributed by atoms with E-state index in [4.69, 9.17) is 4.74 Å². The van der Waals surface area contributed by atoms with Crippen molar-refractivity contribution in [2.45, 2.75) is 39.4 Å². The molecule has 1 rings (SSSR count). The highest BCUT2D eigenvalue weighted by atomic mass is 19.4. The fourth-order valence-corrected chi connectivity index (χ4v) is 2.15. The van der Waals surface area contributed by atoms with E-state index in [1.807, 2.05) is 39.0 Å². The third kappa shape index (κ3) is 5.51. The Labute approximate surface area is 118 Å². The Morgan fingerprint density at radius 2 is 1.95 bits per heavy atom. The number of nitrogens with one attached hydrogen (secondary N) is 1. The average Bonchev–Trinajstić information content (AvgIpc) is 2.35. The van der Waals surface area contributed by atoms with Crippen LogP contribution in [0.4, 0.5) is 13.2 Å². The summed E-state index contributed by atoms with van der Waals surface area (Å²) in [5.74, 6) is 0. The van der Waals surface area contributed by atoms with Gasteiger partial charge in [-0.2, -0.15) is 13.2 Å². The molecule has 0 spiro atoms. The first-order valence-corrected chi connectivity index (χ1v) is 6.79. The van der Waals surface area contributed by atoms with E-state index in [2.05, 4.69) is 5.32 Å². The highest BCUT2D eigenvalue weighted by Gasteiger charge is 2.27. The smallest absolute Gasteiger partial charge is 0.372 e. The lowest BCUT2D eigenvalue weighted by Crippen LogP contribution is -2.24. The van der Waals surface area contributed by atoms with Crippen molar-refractivity contribution >= 4 is 0 Å². The van der Waals surface area contributed by atoms with Crippen LogP contribution in [0, 0.1) is 13.8 Å². The molecule has 1 atom stereocenters. The SMILES string of the molecule is CCNC(CCOCC(F)(F)F)c1cccc(C)c1C. The van der Waals surface area contributed by atoms with Crippen LogP contribution in [-0.4, -0.2) is 25.9 Å². The van der Waals surface area contributed by atoms with Crippen LogP contribution < -0.4 is 5.32 Å². The Balaban J connectivity index is 2.63. The quantitative estimate of drug-likeness (QED) is 0.768. The molecule has 0 aromatic heterocycles. The third-order valence-corrected chi connectivity index (χ3v) is 3.29. The lowest BCUT2D eigenvalue weighted by Gasteiger charge is -2.21. The molecule has 0 fully saturated rings. The van der Waals surface area contributed by atoms with E-state index in [1.165, 1.54) is 11.1 Å². The molecule has 1 unspecified atom stereocenters. The Bertz CT molecular complexity index is 418. The summed E-state index contributed by atoms with van der Waals surface area (Å²) in [5, 5.41) is 3.30. The van der Waals surface area contributed by atoms with E-state index in [0.29, 0.717) is 6.42 Å². The molecule has 0 bridgehead atoms. The lowest BCUT2D eigenvalue weighted by molar-refractivity contribution is -0.174. The van der Waals surface area contributed by atoms with Crippen LogP contribution in [0.15, 0.2) is 18.2 Å². The van der Waals surface area contributed by atoms with Crippen LogP contribution in [0.1, 0.15) is 36.1 Å². The summed E-state index contributed by atoms with van der Waals surface area (Å²) in [6.45, 7) is 5.71. The Hall–Kier alpha value is -1.07. The van der Waals surface area contributed by atoms with Crippen molar-refractivity contribution in [2.24, 2.45) is 0 Å². The molecule has 1 aromatic carbocycles. The molecule has 1 aromatic rings. The van der Waals surface area contributed by atoms with E-state index in [9.17, 15) is 13.2 Å². The van der Waals surface area contributed by atoms with Gasteiger partial charge in [0.25, 0.3) is 0 Å². The first-order chi connectivity index (χ1) is 9.35. The first kappa shape index (κ1) is 17.0. The molecule has 5 heteroatoms. The van der Waals surface area contributed by atoms with Crippen molar-refractivity contribution in [3.8, 4) is 0 Å². The van der Waals surface area contributed by atoms with Gasteiger partial charge >= 0.3 is 6.18 Å². The van der Waals surface area contributed by atoms with E-state index < -0.39 is 12.8 Å². The predicted octanol–water partition coefficient (Wildman–Crippen LogP) is 3.92. The maximum Gasteiger partial charge on any atom is 0.411 e. The van der Waals surface area contributed by atoms with Crippen LogP contribution in [0.25, 0.3) is 0 Å². The normalized spacial score (nSPS) is 13.5. The third-order valence-electron chi connectivity index (χ3n) is 3.29. The zero-order chi connectivity index (χ0) is 15.2. The van der Waals surface area contributed by atoms with E-state index in [1.54, 1.807) is 0 Å². The fraction of sp³-hybridized carbons (Fsp3) is 0.600. The molecule has 20 heavy (non-hydrogen) atoms. The number of benzene rings is 1. The van der Waals surface area contributed by atoms with Gasteiger partial charge in [-0.15, -0.1) is 0 Å². The highest BCUT2D eigenvalue weighted by Crippen LogP contribution is 2.23. The number of ether oxygens (including phenoxy) is 1. The number of hydrogen-bond acceptors (Lipinski definition) is 2. The van der Waals surface area contributed by atoms with Gasteiger partial charge in [0, 0.05) is 12.6 Å². The molecule has 0 aliphatic rings. The van der Waals surface area contributed by atoms with Gasteiger partial charge in [-0.25, -0.2) is 0 Å². The van der Waals surface area contributed by atoms with E-state index >= 15 is 0 Å². The van der Waals surface area contributed by atoms with Crippen molar-refractivity contribution in [3.05, 3.63) is 34.9 Å². The predicted molar refractivity (Wildman–Crippen MR) is 73.8 cm³/mol. The molecule has 0 amide bonds. The molecule has 0 heterocycles. The second-order valence-corrected chi connectivity index (χ2v) is 4.86. The van der Waals surface area contributed by atoms with Crippen molar-refractivity contribution in [1.29, 1.82) is 0 Å². The van der Waals surface area contributed by atoms with Crippen molar-refractivity contribution in [2.75, 3.05) is 19.8 Å². The molecule has 0 aliphatic heterocycles. The largest absolute Gasteiger partial charge is 0.411 e. The highest BCUT2D eigenvalue weighted by molar-refractivity contribution is 5.35. The molecule has 0 radical (unpaired) electrons. The van der Waals surface area contributed by atoms with Crippen molar-refractivity contribution in [1.82, 2.24) is 5.32 Å². The van der Waals surface area contributed by atoms with Gasteiger partial charge in [0.2, 0.25) is 0 Å². The Kier molecular flexibility index (Phi) is 6.49. The Morgan fingerprint density at radius 3 is 2.55 bits per heavy atom. The van der Waals surface area contributed by atoms with Crippen LogP contribution in [0.3, 0.4) is 0 Å². The molecule has 114 valence electrons. The number of halogens is 3. The minimum Gasteiger partial charge on any atom is -0.372 e. The monoisotopic (exact) mass is 289 g/mol. The summed E-state index contributed by atoms with van der Waals surface area (Å²) in [6, 6.07) is 6.04. The molecule has 0 saturated carbocycles. The van der Waals surface area contributed by atoms with Gasteiger partial charge in [-0.05, 0) is 43.5 Å². The van der Waals surface area contributed by atoms with Gasteiger partial charge < -0.3 is 10.1 Å². The summed E-state index contributed by atoms with van der Waals surface area (Å²) in [7, 11) is 0. The van der Waals surface area contributed by atoms with Gasteiger partial charge in [-0.3, -0.25) is 0 Å². The van der Waals surface area contributed by atoms with Gasteiger partial charge in [0.15, 0.2) is 0 Å². The van der Waals surface area contributed by atoms with Crippen LogP contribution in [-0.2, 0) is 4.74 Å². The molecular formula is C15H22F3NO. The minimum atomic E-state index is -4.26. The summed E-state index contributed by atoms with van der Waals surface area (Å²) < 4.78 is 40.8. The second kappa shape index (κ2) is 7.64. The summed E-state index contributed by atoms with van der Waals surface area (Å²) in [5.41, 5.74) is 3.48. The number of aryl methyl sites for hydroxylation is 1. The molecule has 1 N–H and O–H groups in total. The average molecular weight is 289 g/mol. The number of hydrogen-bond donors (Lipinski definition) is 1. The standard InChI is InChI=1S/C15H22F3NO/c1-4-19-14(8-9-20-10-15(16,17)18)13-7-5-6-11(2)12(13)3/h5-7,14,19H,4,8-10H2,1-3H3.